The van der Waals surface area contributed by atoms with Crippen molar-refractivity contribution in [2.45, 2.75) is 19.9 Å². The summed E-state index contributed by atoms with van der Waals surface area (Å²) in [5.74, 6) is -0.493. The predicted octanol–water partition coefficient (Wildman–Crippen LogP) is 3.32. The molecule has 0 aliphatic heterocycles. The molecule has 0 saturated carbocycles. The van der Waals surface area contributed by atoms with E-state index in [-0.39, 0.29) is 24.4 Å². The van der Waals surface area contributed by atoms with Gasteiger partial charge in [-0.15, -0.1) is 11.3 Å². The van der Waals surface area contributed by atoms with Crippen LogP contribution in [0.1, 0.15) is 33.1 Å². The highest BCUT2D eigenvalue weighted by Crippen LogP contribution is 2.21. The Hall–Kier alpha value is -1.85. The number of carbonyl (C=O) groups excluding carboxylic acids is 2. The summed E-state index contributed by atoms with van der Waals surface area (Å²) in [6.07, 6.45) is 0. The second-order valence-electron chi connectivity index (χ2n) is 4.90. The number of rotatable bonds is 5. The standard InChI is InChI=1S/C16H17ClN2O2S/c1-10-7-8-14(22-10)16(21)18-9-15(20)19-11(2)12-5-3-4-6-13(12)17/h3-8,11H,9H2,1-2H3,(H,18,21)(H,19,20)/t11-/m1/s1. The zero-order chi connectivity index (χ0) is 16.1. The Labute approximate surface area is 138 Å². The van der Waals surface area contributed by atoms with Crippen LogP contribution in [0.2, 0.25) is 5.02 Å². The topological polar surface area (TPSA) is 58.2 Å². The van der Waals surface area contributed by atoms with E-state index in [2.05, 4.69) is 10.6 Å². The minimum Gasteiger partial charge on any atom is -0.348 e. The SMILES string of the molecule is Cc1ccc(C(=O)NCC(=O)N[C@H](C)c2ccccc2Cl)s1. The summed E-state index contributed by atoms with van der Waals surface area (Å²) in [4.78, 5) is 25.4. The van der Waals surface area contributed by atoms with Gasteiger partial charge in [0.25, 0.3) is 5.91 Å². The van der Waals surface area contributed by atoms with Gasteiger partial charge < -0.3 is 10.6 Å². The number of hydrogen-bond donors (Lipinski definition) is 2. The van der Waals surface area contributed by atoms with Gasteiger partial charge in [-0.25, -0.2) is 0 Å². The highest BCUT2D eigenvalue weighted by molar-refractivity contribution is 7.13. The maximum atomic E-state index is 11.9. The number of hydrogen-bond acceptors (Lipinski definition) is 3. The van der Waals surface area contributed by atoms with Crippen LogP contribution in [0.5, 0.6) is 0 Å². The summed E-state index contributed by atoms with van der Waals surface area (Å²) in [5.41, 5.74) is 0.845. The van der Waals surface area contributed by atoms with Crippen LogP contribution in [0.25, 0.3) is 0 Å². The molecule has 6 heteroatoms. The van der Waals surface area contributed by atoms with Crippen molar-refractivity contribution in [1.82, 2.24) is 10.6 Å². The molecule has 1 aromatic heterocycles. The fourth-order valence-corrected chi connectivity index (χ4v) is 3.08. The lowest BCUT2D eigenvalue weighted by molar-refractivity contribution is -0.120. The summed E-state index contributed by atoms with van der Waals surface area (Å²) >= 11 is 7.49. The van der Waals surface area contributed by atoms with E-state index in [1.54, 1.807) is 12.1 Å². The number of halogens is 1. The summed E-state index contributed by atoms with van der Waals surface area (Å²) in [5, 5.41) is 6.03. The van der Waals surface area contributed by atoms with Crippen molar-refractivity contribution in [3.05, 3.63) is 56.7 Å². The normalized spacial score (nSPS) is 11.8. The van der Waals surface area contributed by atoms with Crippen molar-refractivity contribution in [3.8, 4) is 0 Å². The number of carbonyl (C=O) groups is 2. The van der Waals surface area contributed by atoms with Crippen LogP contribution in [-0.4, -0.2) is 18.4 Å². The highest BCUT2D eigenvalue weighted by atomic mass is 35.5. The van der Waals surface area contributed by atoms with Crippen molar-refractivity contribution in [3.63, 3.8) is 0 Å². The third-order valence-electron chi connectivity index (χ3n) is 3.12. The van der Waals surface area contributed by atoms with Gasteiger partial charge in [0.2, 0.25) is 5.91 Å². The Morgan fingerprint density at radius 2 is 1.95 bits per heavy atom. The van der Waals surface area contributed by atoms with E-state index in [0.717, 1.165) is 10.4 Å². The van der Waals surface area contributed by atoms with E-state index in [4.69, 9.17) is 11.6 Å². The molecule has 2 N–H and O–H groups in total. The second-order valence-corrected chi connectivity index (χ2v) is 6.60. The van der Waals surface area contributed by atoms with Crippen molar-refractivity contribution in [2.75, 3.05) is 6.54 Å². The maximum absolute atomic E-state index is 11.9. The molecule has 2 amide bonds. The van der Waals surface area contributed by atoms with Gasteiger partial charge in [0.05, 0.1) is 17.5 Å². The molecule has 0 bridgehead atoms. The first-order valence-electron chi connectivity index (χ1n) is 6.86. The van der Waals surface area contributed by atoms with Crippen molar-refractivity contribution in [1.29, 1.82) is 0 Å². The molecule has 0 aliphatic carbocycles. The number of amides is 2. The van der Waals surface area contributed by atoms with Gasteiger partial charge in [-0.3, -0.25) is 9.59 Å². The fraction of sp³-hybridized carbons (Fsp3) is 0.250. The molecule has 4 nitrogen and oxygen atoms in total. The average Bonchev–Trinajstić information content (AvgIpc) is 2.91. The molecule has 1 heterocycles. The quantitative estimate of drug-likeness (QED) is 0.880. The van der Waals surface area contributed by atoms with Gasteiger partial charge in [-0.2, -0.15) is 0 Å². The zero-order valence-electron chi connectivity index (χ0n) is 12.4. The molecule has 2 rings (SSSR count). The molecular formula is C16H17ClN2O2S. The van der Waals surface area contributed by atoms with Gasteiger partial charge in [-0.1, -0.05) is 29.8 Å². The molecule has 0 unspecified atom stereocenters. The van der Waals surface area contributed by atoms with E-state index < -0.39 is 0 Å². The molecule has 116 valence electrons. The van der Waals surface area contributed by atoms with Gasteiger partial charge in [0.1, 0.15) is 0 Å². The van der Waals surface area contributed by atoms with Crippen LogP contribution in [0.4, 0.5) is 0 Å². The predicted molar refractivity (Wildman–Crippen MR) is 89.4 cm³/mol. The number of aryl methyl sites for hydroxylation is 1. The van der Waals surface area contributed by atoms with Crippen LogP contribution in [0.3, 0.4) is 0 Å². The average molecular weight is 337 g/mol. The molecule has 2 aromatic rings. The smallest absolute Gasteiger partial charge is 0.261 e. The van der Waals surface area contributed by atoms with Crippen molar-refractivity contribution in [2.24, 2.45) is 0 Å². The van der Waals surface area contributed by atoms with Crippen LogP contribution < -0.4 is 10.6 Å². The Balaban J connectivity index is 1.85. The van der Waals surface area contributed by atoms with Crippen LogP contribution in [0.15, 0.2) is 36.4 Å². The van der Waals surface area contributed by atoms with Gasteiger partial charge in [0.15, 0.2) is 0 Å². The molecule has 0 saturated heterocycles. The molecular weight excluding hydrogens is 320 g/mol. The lowest BCUT2D eigenvalue weighted by Gasteiger charge is -2.15. The van der Waals surface area contributed by atoms with E-state index in [1.165, 1.54) is 11.3 Å². The molecule has 0 fully saturated rings. The van der Waals surface area contributed by atoms with Crippen LogP contribution in [0, 0.1) is 6.92 Å². The third-order valence-corrected chi connectivity index (χ3v) is 4.47. The Bertz CT molecular complexity index is 684. The van der Waals surface area contributed by atoms with Gasteiger partial charge in [-0.05, 0) is 37.6 Å². The summed E-state index contributed by atoms with van der Waals surface area (Å²) in [7, 11) is 0. The number of nitrogens with one attached hydrogen (secondary N) is 2. The minimum atomic E-state index is -0.256. The van der Waals surface area contributed by atoms with Crippen LogP contribution in [-0.2, 0) is 4.79 Å². The first-order valence-corrected chi connectivity index (χ1v) is 8.05. The summed E-state index contributed by atoms with van der Waals surface area (Å²) < 4.78 is 0. The Morgan fingerprint density at radius 3 is 2.59 bits per heavy atom. The Morgan fingerprint density at radius 1 is 1.23 bits per heavy atom. The number of benzene rings is 1. The molecule has 0 aliphatic rings. The van der Waals surface area contributed by atoms with Gasteiger partial charge >= 0.3 is 0 Å². The zero-order valence-corrected chi connectivity index (χ0v) is 13.9. The maximum Gasteiger partial charge on any atom is 0.261 e. The minimum absolute atomic E-state index is 0.0649. The molecule has 0 spiro atoms. The van der Waals surface area contributed by atoms with Crippen molar-refractivity contribution < 1.29 is 9.59 Å². The van der Waals surface area contributed by atoms with Gasteiger partial charge in [0, 0.05) is 9.90 Å². The molecule has 1 aromatic carbocycles. The monoisotopic (exact) mass is 336 g/mol. The largest absolute Gasteiger partial charge is 0.348 e. The molecule has 0 radical (unpaired) electrons. The highest BCUT2D eigenvalue weighted by Gasteiger charge is 2.14. The van der Waals surface area contributed by atoms with E-state index >= 15 is 0 Å². The van der Waals surface area contributed by atoms with Crippen molar-refractivity contribution >= 4 is 34.8 Å². The lowest BCUT2D eigenvalue weighted by Crippen LogP contribution is -2.37. The van der Waals surface area contributed by atoms with E-state index in [0.29, 0.717) is 9.90 Å². The van der Waals surface area contributed by atoms with Crippen LogP contribution >= 0.6 is 22.9 Å². The third kappa shape index (κ3) is 4.32. The fourth-order valence-electron chi connectivity index (χ4n) is 2.00. The number of thiophene rings is 1. The first-order chi connectivity index (χ1) is 10.5. The van der Waals surface area contributed by atoms with E-state index in [1.807, 2.05) is 38.1 Å². The Kier molecular flexibility index (Phi) is 5.57. The molecule has 1 atom stereocenters. The molecule has 22 heavy (non-hydrogen) atoms. The first kappa shape index (κ1) is 16.5. The van der Waals surface area contributed by atoms with E-state index in [9.17, 15) is 9.59 Å². The summed E-state index contributed by atoms with van der Waals surface area (Å²) in [6, 6.07) is 10.7. The second kappa shape index (κ2) is 7.42. The summed E-state index contributed by atoms with van der Waals surface area (Å²) in [6.45, 7) is 3.72. The lowest BCUT2D eigenvalue weighted by atomic mass is 10.1.